The molecule has 1 saturated carbocycles. The Bertz CT molecular complexity index is 588. The van der Waals surface area contributed by atoms with Gasteiger partial charge in [0.2, 0.25) is 10.0 Å². The van der Waals surface area contributed by atoms with E-state index in [9.17, 15) is 13.2 Å². The molecule has 0 aromatic heterocycles. The smallest absolute Gasteiger partial charge is 0.243 e. The maximum atomic E-state index is 12.5. The molecule has 0 N–H and O–H groups in total. The van der Waals surface area contributed by atoms with Gasteiger partial charge in [-0.3, -0.25) is 4.79 Å². The van der Waals surface area contributed by atoms with Gasteiger partial charge in [0.05, 0.1) is 4.90 Å². The lowest BCUT2D eigenvalue weighted by Gasteiger charge is -2.20. The summed E-state index contributed by atoms with van der Waals surface area (Å²) in [6.07, 6.45) is 3.73. The van der Waals surface area contributed by atoms with Crippen LogP contribution >= 0.6 is 0 Å². The number of nitrogens with zero attached hydrogens (tertiary/aromatic N) is 1. The molecule has 0 atom stereocenters. The highest BCUT2D eigenvalue weighted by Crippen LogP contribution is 2.32. The molecule has 0 spiro atoms. The summed E-state index contributed by atoms with van der Waals surface area (Å²) in [6, 6.07) is 6.39. The van der Waals surface area contributed by atoms with Crippen molar-refractivity contribution in [2.24, 2.45) is 5.92 Å². The van der Waals surface area contributed by atoms with E-state index in [2.05, 4.69) is 0 Å². The van der Waals surface area contributed by atoms with Crippen molar-refractivity contribution in [1.82, 2.24) is 4.31 Å². The summed E-state index contributed by atoms with van der Waals surface area (Å²) in [5.74, 6) is 0.293. The van der Waals surface area contributed by atoms with Gasteiger partial charge < -0.3 is 0 Å². The highest BCUT2D eigenvalue weighted by molar-refractivity contribution is 7.89. The summed E-state index contributed by atoms with van der Waals surface area (Å²) in [6.45, 7) is 4.89. The fraction of sp³-hybridized carbons (Fsp3) is 0.562. The number of carbonyl (C=O) groups excluding carboxylic acids is 1. The fourth-order valence-electron chi connectivity index (χ4n) is 2.30. The minimum atomic E-state index is -3.45. The number of carbonyl (C=O) groups is 1. The van der Waals surface area contributed by atoms with Crippen LogP contribution in [0.3, 0.4) is 0 Å². The molecule has 0 bridgehead atoms. The highest BCUT2D eigenvalue weighted by atomic mass is 32.2. The lowest BCUT2D eigenvalue weighted by molar-refractivity contribution is 0.0967. The van der Waals surface area contributed by atoms with Crippen LogP contribution in [0.15, 0.2) is 29.2 Å². The SMILES string of the molecule is CCCCN(CC)S(=O)(=O)c1ccc(C(=O)C2CC2)cc1. The summed E-state index contributed by atoms with van der Waals surface area (Å²) < 4.78 is 26.6. The van der Waals surface area contributed by atoms with Crippen molar-refractivity contribution >= 4 is 15.8 Å². The number of Topliss-reactive ketones (excluding diaryl/α,β-unsaturated/α-hetero) is 1. The number of unbranched alkanes of at least 4 members (excludes halogenated alkanes) is 1. The molecular weight excluding hydrogens is 286 g/mol. The van der Waals surface area contributed by atoms with Gasteiger partial charge in [-0.05, 0) is 31.4 Å². The molecule has 0 amide bonds. The summed E-state index contributed by atoms with van der Waals surface area (Å²) in [5, 5.41) is 0. The van der Waals surface area contributed by atoms with Crippen LogP contribution in [0.25, 0.3) is 0 Å². The maximum Gasteiger partial charge on any atom is 0.243 e. The van der Waals surface area contributed by atoms with Crippen molar-refractivity contribution < 1.29 is 13.2 Å². The van der Waals surface area contributed by atoms with Gasteiger partial charge >= 0.3 is 0 Å². The molecule has 0 heterocycles. The standard InChI is InChI=1S/C16H23NO3S/c1-3-5-12-17(4-2)21(19,20)15-10-8-14(9-11-15)16(18)13-6-7-13/h8-11,13H,3-7,12H2,1-2H3. The van der Waals surface area contributed by atoms with Crippen LogP contribution in [0.1, 0.15) is 49.9 Å². The van der Waals surface area contributed by atoms with E-state index in [0.29, 0.717) is 18.7 Å². The molecular formula is C16H23NO3S. The van der Waals surface area contributed by atoms with Crippen LogP contribution in [0.4, 0.5) is 0 Å². The third kappa shape index (κ3) is 3.71. The van der Waals surface area contributed by atoms with Crippen LogP contribution in [-0.2, 0) is 10.0 Å². The first kappa shape index (κ1) is 16.2. The van der Waals surface area contributed by atoms with Crippen molar-refractivity contribution in [1.29, 1.82) is 0 Å². The summed E-state index contributed by atoms with van der Waals surface area (Å²) in [4.78, 5) is 12.2. The van der Waals surface area contributed by atoms with Gasteiger partial charge in [-0.1, -0.05) is 32.4 Å². The topological polar surface area (TPSA) is 54.5 Å². The van der Waals surface area contributed by atoms with E-state index >= 15 is 0 Å². The highest BCUT2D eigenvalue weighted by Gasteiger charge is 2.30. The average molecular weight is 309 g/mol. The van der Waals surface area contributed by atoms with E-state index in [4.69, 9.17) is 0 Å². The van der Waals surface area contributed by atoms with Gasteiger partial charge in [0.1, 0.15) is 0 Å². The van der Waals surface area contributed by atoms with Crippen LogP contribution < -0.4 is 0 Å². The van der Waals surface area contributed by atoms with Gasteiger partial charge in [0.25, 0.3) is 0 Å². The van der Waals surface area contributed by atoms with Gasteiger partial charge in [0, 0.05) is 24.6 Å². The van der Waals surface area contributed by atoms with E-state index in [-0.39, 0.29) is 16.6 Å². The first-order chi connectivity index (χ1) is 10.0. The Morgan fingerprint density at radius 2 is 1.81 bits per heavy atom. The normalized spacial score (nSPS) is 15.4. The second-order valence-electron chi connectivity index (χ2n) is 5.51. The molecule has 2 rings (SSSR count). The van der Waals surface area contributed by atoms with Crippen molar-refractivity contribution in [3.8, 4) is 0 Å². The first-order valence-corrected chi connectivity index (χ1v) is 9.09. The van der Waals surface area contributed by atoms with Crippen LogP contribution in [0, 0.1) is 5.92 Å². The van der Waals surface area contributed by atoms with E-state index in [1.165, 1.54) is 4.31 Å². The minimum absolute atomic E-state index is 0.136. The Morgan fingerprint density at radius 1 is 1.19 bits per heavy atom. The predicted molar refractivity (Wildman–Crippen MR) is 82.8 cm³/mol. The Kier molecular flexibility index (Phi) is 5.17. The number of ketones is 1. The molecule has 1 aliphatic carbocycles. The van der Waals surface area contributed by atoms with E-state index in [1.54, 1.807) is 24.3 Å². The number of rotatable bonds is 8. The number of sulfonamides is 1. The molecule has 1 aromatic carbocycles. The van der Waals surface area contributed by atoms with Crippen molar-refractivity contribution in [2.45, 2.75) is 44.4 Å². The lowest BCUT2D eigenvalue weighted by Crippen LogP contribution is -2.31. The first-order valence-electron chi connectivity index (χ1n) is 7.65. The molecule has 0 radical (unpaired) electrons. The fourth-order valence-corrected chi connectivity index (χ4v) is 3.79. The van der Waals surface area contributed by atoms with Crippen molar-refractivity contribution in [3.63, 3.8) is 0 Å². The molecule has 1 aromatic rings. The van der Waals surface area contributed by atoms with Crippen molar-refractivity contribution in [2.75, 3.05) is 13.1 Å². The van der Waals surface area contributed by atoms with E-state index in [1.807, 2.05) is 13.8 Å². The summed E-state index contributed by atoms with van der Waals surface area (Å²) >= 11 is 0. The van der Waals surface area contributed by atoms with Crippen LogP contribution in [0.5, 0.6) is 0 Å². The summed E-state index contributed by atoms with van der Waals surface area (Å²) in [7, 11) is -3.45. The molecule has 1 aliphatic rings. The van der Waals surface area contributed by atoms with Gasteiger partial charge in [0.15, 0.2) is 5.78 Å². The quantitative estimate of drug-likeness (QED) is 0.693. The molecule has 5 heteroatoms. The molecule has 116 valence electrons. The van der Waals surface area contributed by atoms with E-state index in [0.717, 1.165) is 25.7 Å². The number of benzene rings is 1. The summed E-state index contributed by atoms with van der Waals surface area (Å²) in [5.41, 5.74) is 0.619. The lowest BCUT2D eigenvalue weighted by atomic mass is 10.1. The zero-order valence-electron chi connectivity index (χ0n) is 12.7. The van der Waals surface area contributed by atoms with Crippen LogP contribution in [0.2, 0.25) is 0 Å². The minimum Gasteiger partial charge on any atom is -0.294 e. The zero-order valence-corrected chi connectivity index (χ0v) is 13.5. The third-order valence-corrected chi connectivity index (χ3v) is 5.83. The third-order valence-electron chi connectivity index (χ3n) is 3.84. The second kappa shape index (κ2) is 6.71. The number of hydrogen-bond acceptors (Lipinski definition) is 3. The second-order valence-corrected chi connectivity index (χ2v) is 7.45. The molecule has 4 nitrogen and oxygen atoms in total. The Morgan fingerprint density at radius 3 is 2.29 bits per heavy atom. The Hall–Kier alpha value is -1.20. The molecule has 21 heavy (non-hydrogen) atoms. The molecule has 1 fully saturated rings. The maximum absolute atomic E-state index is 12.5. The predicted octanol–water partition coefficient (Wildman–Crippen LogP) is 3.09. The number of hydrogen-bond donors (Lipinski definition) is 0. The van der Waals surface area contributed by atoms with Crippen molar-refractivity contribution in [3.05, 3.63) is 29.8 Å². The average Bonchev–Trinajstić information content (AvgIpc) is 3.32. The molecule has 0 saturated heterocycles. The largest absolute Gasteiger partial charge is 0.294 e. The zero-order chi connectivity index (χ0) is 15.5. The van der Waals surface area contributed by atoms with Gasteiger partial charge in [-0.25, -0.2) is 8.42 Å². The Balaban J connectivity index is 2.17. The molecule has 0 unspecified atom stereocenters. The molecule has 0 aliphatic heterocycles. The van der Waals surface area contributed by atoms with E-state index < -0.39 is 10.0 Å². The monoisotopic (exact) mass is 309 g/mol. The van der Waals surface area contributed by atoms with Gasteiger partial charge in [-0.15, -0.1) is 0 Å². The van der Waals surface area contributed by atoms with Gasteiger partial charge in [-0.2, -0.15) is 4.31 Å². The van der Waals surface area contributed by atoms with Crippen LogP contribution in [-0.4, -0.2) is 31.6 Å². The Labute approximate surface area is 127 Å².